The fourth-order valence-corrected chi connectivity index (χ4v) is 2.10. The molecule has 0 aliphatic heterocycles. The van der Waals surface area contributed by atoms with Crippen molar-refractivity contribution in [2.24, 2.45) is 0 Å². The molecule has 0 saturated carbocycles. The van der Waals surface area contributed by atoms with Crippen LogP contribution in [0.3, 0.4) is 0 Å². The molecule has 0 aliphatic carbocycles. The standard InChI is InChI=1S/C11H8Cl2N4/c1-6-7(5-14)11(15)17(16-6)10-8(12)3-2-4-9(10)13/h2-4H,15H2,1H3. The van der Waals surface area contributed by atoms with E-state index in [9.17, 15) is 0 Å². The third-order valence-electron chi connectivity index (χ3n) is 2.36. The number of halogens is 2. The maximum atomic E-state index is 8.95. The summed E-state index contributed by atoms with van der Waals surface area (Å²) in [4.78, 5) is 0. The van der Waals surface area contributed by atoms with Gasteiger partial charge in [0.15, 0.2) is 0 Å². The van der Waals surface area contributed by atoms with E-state index in [0.717, 1.165) is 0 Å². The van der Waals surface area contributed by atoms with Gasteiger partial charge < -0.3 is 5.73 Å². The number of nitrogen functional groups attached to an aromatic ring is 1. The predicted octanol–water partition coefficient (Wildman–Crippen LogP) is 2.94. The number of nitrogens with zero attached hydrogens (tertiary/aromatic N) is 3. The van der Waals surface area contributed by atoms with Crippen LogP contribution in [0.25, 0.3) is 5.69 Å². The Labute approximate surface area is 108 Å². The quantitative estimate of drug-likeness (QED) is 0.863. The fourth-order valence-electron chi connectivity index (χ4n) is 1.55. The minimum absolute atomic E-state index is 0.236. The number of nitrogens with two attached hydrogens (primary N) is 1. The highest BCUT2D eigenvalue weighted by Crippen LogP contribution is 2.31. The number of anilines is 1. The van der Waals surface area contributed by atoms with Gasteiger partial charge in [0.25, 0.3) is 0 Å². The van der Waals surface area contributed by atoms with Gasteiger partial charge in [0.1, 0.15) is 23.1 Å². The summed E-state index contributed by atoms with van der Waals surface area (Å²) in [6, 6.07) is 7.10. The molecule has 0 unspecified atom stereocenters. The minimum atomic E-state index is 0.236. The van der Waals surface area contributed by atoms with Crippen LogP contribution < -0.4 is 5.73 Å². The number of para-hydroxylation sites is 1. The fraction of sp³-hybridized carbons (Fsp3) is 0.0909. The van der Waals surface area contributed by atoms with Crippen molar-refractivity contribution in [1.82, 2.24) is 9.78 Å². The van der Waals surface area contributed by atoms with Gasteiger partial charge in [-0.1, -0.05) is 29.3 Å². The van der Waals surface area contributed by atoms with Crippen LogP contribution in [-0.2, 0) is 0 Å². The van der Waals surface area contributed by atoms with Gasteiger partial charge in [-0.25, -0.2) is 4.68 Å². The van der Waals surface area contributed by atoms with Crippen molar-refractivity contribution in [3.05, 3.63) is 39.5 Å². The Morgan fingerprint density at radius 2 is 1.94 bits per heavy atom. The largest absolute Gasteiger partial charge is 0.382 e. The lowest BCUT2D eigenvalue weighted by Crippen LogP contribution is -2.03. The molecule has 6 heteroatoms. The minimum Gasteiger partial charge on any atom is -0.382 e. The Morgan fingerprint density at radius 1 is 1.35 bits per heavy atom. The molecule has 1 aromatic heterocycles. The second-order valence-electron chi connectivity index (χ2n) is 3.44. The van der Waals surface area contributed by atoms with E-state index in [4.69, 9.17) is 34.2 Å². The molecule has 2 N–H and O–H groups in total. The predicted molar refractivity (Wildman–Crippen MR) is 67.4 cm³/mol. The van der Waals surface area contributed by atoms with E-state index < -0.39 is 0 Å². The number of hydrogen-bond acceptors (Lipinski definition) is 3. The molecule has 0 fully saturated rings. The molecule has 86 valence electrons. The second-order valence-corrected chi connectivity index (χ2v) is 4.25. The van der Waals surface area contributed by atoms with Crippen LogP contribution in [0.1, 0.15) is 11.3 Å². The van der Waals surface area contributed by atoms with Crippen LogP contribution in [0.4, 0.5) is 5.82 Å². The van der Waals surface area contributed by atoms with Gasteiger partial charge >= 0.3 is 0 Å². The maximum Gasteiger partial charge on any atom is 0.145 e. The maximum absolute atomic E-state index is 8.95. The first-order valence-corrected chi connectivity index (χ1v) is 5.51. The van der Waals surface area contributed by atoms with Crippen molar-refractivity contribution < 1.29 is 0 Å². The number of rotatable bonds is 1. The molecule has 0 saturated heterocycles. The topological polar surface area (TPSA) is 67.6 Å². The highest BCUT2D eigenvalue weighted by atomic mass is 35.5. The van der Waals surface area contributed by atoms with Gasteiger partial charge in [-0.3, -0.25) is 0 Å². The summed E-state index contributed by atoms with van der Waals surface area (Å²) in [5, 5.41) is 14.0. The van der Waals surface area contributed by atoms with Crippen molar-refractivity contribution in [1.29, 1.82) is 5.26 Å². The van der Waals surface area contributed by atoms with Gasteiger partial charge in [-0.05, 0) is 19.1 Å². The smallest absolute Gasteiger partial charge is 0.145 e. The molecular weight excluding hydrogens is 259 g/mol. The second kappa shape index (κ2) is 4.28. The number of aromatic nitrogens is 2. The van der Waals surface area contributed by atoms with Crippen molar-refractivity contribution >= 4 is 29.0 Å². The van der Waals surface area contributed by atoms with E-state index in [2.05, 4.69) is 5.10 Å². The Bertz CT molecular complexity index is 605. The molecular formula is C11H8Cl2N4. The van der Waals surface area contributed by atoms with E-state index in [0.29, 0.717) is 27.0 Å². The molecule has 0 aliphatic rings. The van der Waals surface area contributed by atoms with Gasteiger partial charge in [-0.15, -0.1) is 0 Å². The Morgan fingerprint density at radius 3 is 2.41 bits per heavy atom. The van der Waals surface area contributed by atoms with Crippen molar-refractivity contribution in [3.63, 3.8) is 0 Å². The third kappa shape index (κ3) is 1.84. The summed E-state index contributed by atoms with van der Waals surface area (Å²) < 4.78 is 1.39. The van der Waals surface area contributed by atoms with Crippen molar-refractivity contribution in [2.45, 2.75) is 6.92 Å². The number of aryl methyl sites for hydroxylation is 1. The van der Waals surface area contributed by atoms with Crippen LogP contribution in [0.15, 0.2) is 18.2 Å². The van der Waals surface area contributed by atoms with Crippen LogP contribution >= 0.6 is 23.2 Å². The van der Waals surface area contributed by atoms with Gasteiger partial charge in [-0.2, -0.15) is 10.4 Å². The lowest BCUT2D eigenvalue weighted by molar-refractivity contribution is 0.872. The molecule has 1 heterocycles. The molecule has 0 spiro atoms. The highest BCUT2D eigenvalue weighted by Gasteiger charge is 2.17. The zero-order valence-electron chi connectivity index (χ0n) is 8.91. The number of nitriles is 1. The molecule has 0 amide bonds. The molecule has 0 bridgehead atoms. The first-order chi connectivity index (χ1) is 8.06. The summed E-state index contributed by atoms with van der Waals surface area (Å²) in [5.74, 6) is 0.236. The molecule has 0 radical (unpaired) electrons. The molecule has 17 heavy (non-hydrogen) atoms. The normalized spacial score (nSPS) is 10.2. The summed E-state index contributed by atoms with van der Waals surface area (Å²) in [6.07, 6.45) is 0. The first-order valence-electron chi connectivity index (χ1n) is 4.76. The Hall–Kier alpha value is -1.70. The third-order valence-corrected chi connectivity index (χ3v) is 2.97. The van der Waals surface area contributed by atoms with Gasteiger partial charge in [0.2, 0.25) is 0 Å². The van der Waals surface area contributed by atoms with Crippen LogP contribution in [-0.4, -0.2) is 9.78 Å². The number of benzene rings is 1. The molecule has 2 aromatic rings. The molecule has 2 rings (SSSR count). The summed E-state index contributed by atoms with van der Waals surface area (Å²) >= 11 is 12.1. The zero-order chi connectivity index (χ0) is 12.6. The highest BCUT2D eigenvalue weighted by molar-refractivity contribution is 6.37. The monoisotopic (exact) mass is 266 g/mol. The van der Waals surface area contributed by atoms with E-state index >= 15 is 0 Å². The summed E-state index contributed by atoms with van der Waals surface area (Å²) in [7, 11) is 0. The average molecular weight is 267 g/mol. The lowest BCUT2D eigenvalue weighted by atomic mass is 10.2. The van der Waals surface area contributed by atoms with E-state index in [1.165, 1.54) is 4.68 Å². The van der Waals surface area contributed by atoms with E-state index in [-0.39, 0.29) is 5.82 Å². The van der Waals surface area contributed by atoms with Gasteiger partial charge in [0.05, 0.1) is 15.7 Å². The van der Waals surface area contributed by atoms with Crippen molar-refractivity contribution in [3.8, 4) is 11.8 Å². The van der Waals surface area contributed by atoms with Crippen LogP contribution in [0.5, 0.6) is 0 Å². The SMILES string of the molecule is Cc1nn(-c2c(Cl)cccc2Cl)c(N)c1C#N. The van der Waals surface area contributed by atoms with E-state index in [1.54, 1.807) is 25.1 Å². The Kier molecular flexibility index (Phi) is 2.97. The zero-order valence-corrected chi connectivity index (χ0v) is 10.4. The molecule has 4 nitrogen and oxygen atoms in total. The summed E-state index contributed by atoms with van der Waals surface area (Å²) in [5.41, 5.74) is 7.21. The van der Waals surface area contributed by atoms with Gasteiger partial charge in [0, 0.05) is 0 Å². The first kappa shape index (κ1) is 11.8. The summed E-state index contributed by atoms with van der Waals surface area (Å²) in [6.45, 7) is 1.70. The molecule has 0 atom stereocenters. The number of hydrogen-bond donors (Lipinski definition) is 1. The average Bonchev–Trinajstić information content (AvgIpc) is 2.54. The van der Waals surface area contributed by atoms with Crippen molar-refractivity contribution in [2.75, 3.05) is 5.73 Å². The van der Waals surface area contributed by atoms with Crippen LogP contribution in [0, 0.1) is 18.3 Å². The van der Waals surface area contributed by atoms with Crippen LogP contribution in [0.2, 0.25) is 10.0 Å². The lowest BCUT2D eigenvalue weighted by Gasteiger charge is -2.08. The Balaban J connectivity index is 2.75. The van der Waals surface area contributed by atoms with E-state index in [1.807, 2.05) is 6.07 Å². The molecule has 1 aromatic carbocycles.